The van der Waals surface area contributed by atoms with Gasteiger partial charge in [-0.15, -0.1) is 0 Å². The molecule has 0 atom stereocenters. The summed E-state index contributed by atoms with van der Waals surface area (Å²) in [5.41, 5.74) is 9.13. The number of rotatable bonds is 4. The van der Waals surface area contributed by atoms with Crippen LogP contribution in [-0.2, 0) is 4.74 Å². The lowest BCUT2D eigenvalue weighted by Crippen LogP contribution is -2.03. The minimum absolute atomic E-state index is 0.259. The van der Waals surface area contributed by atoms with Gasteiger partial charge >= 0.3 is 5.97 Å². The summed E-state index contributed by atoms with van der Waals surface area (Å²) < 4.78 is 4.51. The Balaban J connectivity index is 2.67. The number of hydrogen-bond donors (Lipinski definition) is 0. The molecular weight excluding hydrogens is 208 g/mol. The SMILES string of the molecule is COC(=O)c1ccc(C=CCN=[N+]=[N-])cn1. The van der Waals surface area contributed by atoms with Gasteiger partial charge in [0.25, 0.3) is 0 Å². The van der Waals surface area contributed by atoms with E-state index in [2.05, 4.69) is 19.7 Å². The normalized spacial score (nSPS) is 9.81. The van der Waals surface area contributed by atoms with Crippen molar-refractivity contribution in [2.75, 3.05) is 13.7 Å². The Morgan fingerprint density at radius 2 is 2.50 bits per heavy atom. The van der Waals surface area contributed by atoms with Crippen LogP contribution in [0.3, 0.4) is 0 Å². The Morgan fingerprint density at radius 1 is 1.69 bits per heavy atom. The average molecular weight is 218 g/mol. The number of ether oxygens (including phenoxy) is 1. The first-order valence-electron chi connectivity index (χ1n) is 4.49. The summed E-state index contributed by atoms with van der Waals surface area (Å²) in [5.74, 6) is -0.468. The van der Waals surface area contributed by atoms with Gasteiger partial charge in [-0.25, -0.2) is 9.78 Å². The molecule has 0 aromatic carbocycles. The number of methoxy groups -OCH3 is 1. The van der Waals surface area contributed by atoms with Crippen LogP contribution in [0.5, 0.6) is 0 Å². The third-order valence-electron chi connectivity index (χ3n) is 1.74. The highest BCUT2D eigenvalue weighted by Gasteiger charge is 2.04. The number of carbonyl (C=O) groups excluding carboxylic acids is 1. The summed E-state index contributed by atoms with van der Waals surface area (Å²) >= 11 is 0. The maximum absolute atomic E-state index is 11.1. The Labute approximate surface area is 92.2 Å². The molecule has 0 spiro atoms. The predicted octanol–water partition coefficient (Wildman–Crippen LogP) is 2.19. The van der Waals surface area contributed by atoms with E-state index in [1.165, 1.54) is 7.11 Å². The van der Waals surface area contributed by atoms with Crippen LogP contribution in [0.1, 0.15) is 16.1 Å². The van der Waals surface area contributed by atoms with Crippen LogP contribution in [0, 0.1) is 0 Å². The maximum Gasteiger partial charge on any atom is 0.356 e. The van der Waals surface area contributed by atoms with E-state index in [9.17, 15) is 4.79 Å². The molecule has 0 fully saturated rings. The molecule has 0 bridgehead atoms. The molecule has 0 amide bonds. The summed E-state index contributed by atoms with van der Waals surface area (Å²) in [7, 11) is 1.30. The van der Waals surface area contributed by atoms with Crippen molar-refractivity contribution < 1.29 is 9.53 Å². The van der Waals surface area contributed by atoms with Gasteiger partial charge in [0.15, 0.2) is 0 Å². The smallest absolute Gasteiger partial charge is 0.356 e. The first-order valence-corrected chi connectivity index (χ1v) is 4.49. The molecule has 1 aromatic heterocycles. The van der Waals surface area contributed by atoms with E-state index in [-0.39, 0.29) is 12.2 Å². The van der Waals surface area contributed by atoms with Crippen molar-refractivity contribution in [1.29, 1.82) is 0 Å². The second kappa shape index (κ2) is 6.21. The number of aromatic nitrogens is 1. The maximum atomic E-state index is 11.1. The molecular formula is C10H10N4O2. The Bertz CT molecular complexity index is 433. The fourth-order valence-electron chi connectivity index (χ4n) is 1.00. The van der Waals surface area contributed by atoms with Crippen molar-refractivity contribution in [3.05, 3.63) is 46.1 Å². The summed E-state index contributed by atoms with van der Waals surface area (Å²) in [5, 5.41) is 3.35. The van der Waals surface area contributed by atoms with Crippen molar-refractivity contribution in [3.8, 4) is 0 Å². The lowest BCUT2D eigenvalue weighted by atomic mass is 10.2. The Morgan fingerprint density at radius 3 is 3.06 bits per heavy atom. The Kier molecular flexibility index (Phi) is 4.56. The van der Waals surface area contributed by atoms with E-state index in [4.69, 9.17) is 5.53 Å². The molecule has 0 aliphatic carbocycles. The molecule has 6 nitrogen and oxygen atoms in total. The standard InChI is InChI=1S/C10H10N4O2/c1-16-10(15)9-5-4-8(7-12-9)3-2-6-13-14-11/h2-5,7H,6H2,1H3. The molecule has 0 unspecified atom stereocenters. The van der Waals surface area contributed by atoms with Crippen molar-refractivity contribution >= 4 is 12.0 Å². The van der Waals surface area contributed by atoms with Gasteiger partial charge in [0.2, 0.25) is 0 Å². The van der Waals surface area contributed by atoms with Crippen LogP contribution in [0.25, 0.3) is 16.5 Å². The first-order chi connectivity index (χ1) is 7.77. The molecule has 0 radical (unpaired) electrons. The number of nitrogens with zero attached hydrogens (tertiary/aromatic N) is 4. The van der Waals surface area contributed by atoms with Crippen molar-refractivity contribution in [2.24, 2.45) is 5.11 Å². The molecule has 0 N–H and O–H groups in total. The van der Waals surface area contributed by atoms with E-state index < -0.39 is 5.97 Å². The third kappa shape index (κ3) is 3.43. The average Bonchev–Trinajstić information content (AvgIpc) is 2.34. The molecule has 0 aliphatic heterocycles. The van der Waals surface area contributed by atoms with Gasteiger partial charge in [0, 0.05) is 17.7 Å². The zero-order valence-corrected chi connectivity index (χ0v) is 8.70. The summed E-state index contributed by atoms with van der Waals surface area (Å²) in [6, 6.07) is 3.30. The van der Waals surface area contributed by atoms with Gasteiger partial charge in [0.1, 0.15) is 5.69 Å². The fraction of sp³-hybridized carbons (Fsp3) is 0.200. The molecule has 82 valence electrons. The highest BCUT2D eigenvalue weighted by atomic mass is 16.5. The van der Waals surface area contributed by atoms with E-state index >= 15 is 0 Å². The second-order valence-electron chi connectivity index (χ2n) is 2.78. The number of hydrogen-bond acceptors (Lipinski definition) is 4. The Hall–Kier alpha value is -2.33. The van der Waals surface area contributed by atoms with E-state index in [1.807, 2.05) is 0 Å². The number of carbonyl (C=O) groups is 1. The van der Waals surface area contributed by atoms with E-state index in [0.717, 1.165) is 5.56 Å². The lowest BCUT2D eigenvalue weighted by molar-refractivity contribution is 0.0594. The first kappa shape index (κ1) is 11.7. The summed E-state index contributed by atoms with van der Waals surface area (Å²) in [6.07, 6.45) is 5.00. The topological polar surface area (TPSA) is 88.0 Å². The molecule has 1 rings (SSSR count). The number of pyridine rings is 1. The molecule has 1 aromatic rings. The highest BCUT2D eigenvalue weighted by molar-refractivity contribution is 5.87. The van der Waals surface area contributed by atoms with Gasteiger partial charge < -0.3 is 4.74 Å². The van der Waals surface area contributed by atoms with Crippen LogP contribution in [-0.4, -0.2) is 24.6 Å². The predicted molar refractivity (Wildman–Crippen MR) is 58.6 cm³/mol. The highest BCUT2D eigenvalue weighted by Crippen LogP contribution is 2.03. The van der Waals surface area contributed by atoms with Crippen molar-refractivity contribution in [1.82, 2.24) is 4.98 Å². The minimum atomic E-state index is -0.468. The molecule has 0 saturated heterocycles. The van der Waals surface area contributed by atoms with Gasteiger partial charge in [-0.1, -0.05) is 23.3 Å². The van der Waals surface area contributed by atoms with Gasteiger partial charge in [-0.05, 0) is 17.2 Å². The van der Waals surface area contributed by atoms with Gasteiger partial charge in [0.05, 0.1) is 7.11 Å². The largest absolute Gasteiger partial charge is 0.464 e. The number of esters is 1. The minimum Gasteiger partial charge on any atom is -0.464 e. The zero-order valence-electron chi connectivity index (χ0n) is 8.70. The number of azide groups is 1. The van der Waals surface area contributed by atoms with Crippen LogP contribution in [0.15, 0.2) is 29.5 Å². The van der Waals surface area contributed by atoms with Crippen LogP contribution in [0.2, 0.25) is 0 Å². The fourth-order valence-corrected chi connectivity index (χ4v) is 1.00. The van der Waals surface area contributed by atoms with E-state index in [1.54, 1.807) is 30.5 Å². The third-order valence-corrected chi connectivity index (χ3v) is 1.74. The zero-order chi connectivity index (χ0) is 11.8. The quantitative estimate of drug-likeness (QED) is 0.336. The molecule has 0 saturated carbocycles. The van der Waals surface area contributed by atoms with Crippen LogP contribution in [0.4, 0.5) is 0 Å². The van der Waals surface area contributed by atoms with Crippen molar-refractivity contribution in [3.63, 3.8) is 0 Å². The van der Waals surface area contributed by atoms with Gasteiger partial charge in [-0.3, -0.25) is 0 Å². The monoisotopic (exact) mass is 218 g/mol. The van der Waals surface area contributed by atoms with Crippen LogP contribution < -0.4 is 0 Å². The lowest BCUT2D eigenvalue weighted by Gasteiger charge is -1.97. The molecule has 6 heteroatoms. The molecule has 16 heavy (non-hydrogen) atoms. The van der Waals surface area contributed by atoms with Crippen LogP contribution >= 0.6 is 0 Å². The van der Waals surface area contributed by atoms with Crippen molar-refractivity contribution in [2.45, 2.75) is 0 Å². The molecule has 1 heterocycles. The van der Waals surface area contributed by atoms with E-state index in [0.29, 0.717) is 0 Å². The summed E-state index contributed by atoms with van der Waals surface area (Å²) in [4.78, 5) is 17.6. The van der Waals surface area contributed by atoms with Gasteiger partial charge in [-0.2, -0.15) is 0 Å². The summed E-state index contributed by atoms with van der Waals surface area (Å²) in [6.45, 7) is 0.287. The second-order valence-corrected chi connectivity index (χ2v) is 2.78. The molecule has 0 aliphatic rings.